The first-order valence-electron chi connectivity index (χ1n) is 12.5. The zero-order valence-electron chi connectivity index (χ0n) is 21.9. The van der Waals surface area contributed by atoms with E-state index in [1.54, 1.807) is 12.1 Å². The minimum atomic E-state index is -4.00. The van der Waals surface area contributed by atoms with E-state index in [4.69, 9.17) is 4.74 Å². The van der Waals surface area contributed by atoms with E-state index < -0.39 is 28.3 Å². The number of sulfonamides is 1. The molecule has 2 atom stereocenters. The fraction of sp³-hybridized carbons (Fsp3) is 0.345. The molecule has 0 heterocycles. The third kappa shape index (κ3) is 8.05. The molecule has 3 aromatic rings. The van der Waals surface area contributed by atoms with Gasteiger partial charge in [-0.1, -0.05) is 74.5 Å². The second kappa shape index (κ2) is 13.4. The average Bonchev–Trinajstić information content (AvgIpc) is 2.90. The lowest BCUT2D eigenvalue weighted by molar-refractivity contribution is 0.0469. The molecule has 0 saturated heterocycles. The Balaban J connectivity index is 1.87. The van der Waals surface area contributed by atoms with E-state index in [-0.39, 0.29) is 30.3 Å². The maximum atomic E-state index is 13.3. The highest BCUT2D eigenvalue weighted by atomic mass is 32.2. The molecule has 9 heteroatoms. The summed E-state index contributed by atoms with van der Waals surface area (Å²) >= 11 is 0. The molecule has 3 N–H and O–H groups in total. The highest BCUT2D eigenvalue weighted by molar-refractivity contribution is 7.89. The molecule has 0 fully saturated rings. The Morgan fingerprint density at radius 2 is 1.55 bits per heavy atom. The molecule has 3 rings (SSSR count). The summed E-state index contributed by atoms with van der Waals surface area (Å²) < 4.78 is 34.4. The zero-order valence-corrected chi connectivity index (χ0v) is 22.8. The van der Waals surface area contributed by atoms with Gasteiger partial charge in [-0.2, -0.15) is 0 Å². The number of nitrogens with one attached hydrogen (secondary N) is 1. The number of aliphatic hydroxyl groups excluding tert-OH is 1. The first-order chi connectivity index (χ1) is 18.1. The molecule has 0 aromatic heterocycles. The van der Waals surface area contributed by atoms with Crippen LogP contribution in [-0.2, 0) is 29.4 Å². The Morgan fingerprint density at radius 1 is 0.947 bits per heavy atom. The quantitative estimate of drug-likeness (QED) is 0.297. The lowest BCUT2D eigenvalue weighted by Crippen LogP contribution is -2.51. The largest absolute Gasteiger partial charge is 0.497 e. The zero-order chi connectivity index (χ0) is 27.7. The van der Waals surface area contributed by atoms with Crippen LogP contribution in [0.5, 0.6) is 5.75 Å². The number of hydrogen-bond acceptors (Lipinski definition) is 5. The van der Waals surface area contributed by atoms with Crippen LogP contribution in [0.15, 0.2) is 83.8 Å². The molecule has 0 aliphatic rings. The third-order valence-corrected chi connectivity index (χ3v) is 7.77. The van der Waals surface area contributed by atoms with Gasteiger partial charge in [0.1, 0.15) is 5.75 Å². The number of hydrogen-bond donors (Lipinski definition) is 3. The van der Waals surface area contributed by atoms with E-state index in [1.165, 1.54) is 18.1 Å². The number of amides is 1. The van der Waals surface area contributed by atoms with Gasteiger partial charge in [-0.15, -0.1) is 0 Å². The van der Waals surface area contributed by atoms with Crippen molar-refractivity contribution in [2.24, 2.45) is 5.92 Å². The standard InChI is InChI=1S/C29H36N2O6S/c1-21(2)16-24-18-25(37-3)14-15-28(24)38(35,36)30-19-27(32)26(17-22-10-6-4-7-11-22)31(29(33)34)20-23-12-8-5-9-13-23/h4-15,18,21,26-27,30,32H,16-17,19-20H2,1-3H3,(H,33,34)/t26-,27+/m0/s1. The Hall–Kier alpha value is -3.40. The van der Waals surface area contributed by atoms with Crippen LogP contribution in [0.1, 0.15) is 30.5 Å². The first kappa shape index (κ1) is 29.2. The van der Waals surface area contributed by atoms with Gasteiger partial charge in [-0.05, 0) is 53.6 Å². The predicted molar refractivity (Wildman–Crippen MR) is 147 cm³/mol. The van der Waals surface area contributed by atoms with Crippen molar-refractivity contribution >= 4 is 16.1 Å². The van der Waals surface area contributed by atoms with Gasteiger partial charge < -0.3 is 14.9 Å². The molecule has 0 bridgehead atoms. The van der Waals surface area contributed by atoms with E-state index in [1.807, 2.05) is 74.5 Å². The highest BCUT2D eigenvalue weighted by Gasteiger charge is 2.31. The normalized spacial score (nSPS) is 13.2. The molecule has 0 radical (unpaired) electrons. The Labute approximate surface area is 224 Å². The molecule has 0 spiro atoms. The summed E-state index contributed by atoms with van der Waals surface area (Å²) in [5.74, 6) is 0.764. The number of carboxylic acid groups (broad SMARTS) is 1. The molecular weight excluding hydrogens is 504 g/mol. The summed E-state index contributed by atoms with van der Waals surface area (Å²) in [5.41, 5.74) is 2.20. The number of ether oxygens (including phenoxy) is 1. The van der Waals surface area contributed by atoms with Crippen LogP contribution in [0.3, 0.4) is 0 Å². The number of nitrogens with zero attached hydrogens (tertiary/aromatic N) is 1. The number of methoxy groups -OCH3 is 1. The van der Waals surface area contributed by atoms with Gasteiger partial charge in [-0.25, -0.2) is 17.9 Å². The van der Waals surface area contributed by atoms with Crippen LogP contribution in [-0.4, -0.2) is 55.4 Å². The summed E-state index contributed by atoms with van der Waals surface area (Å²) in [6, 6.07) is 22.2. The molecule has 1 amide bonds. The van der Waals surface area contributed by atoms with Crippen LogP contribution in [0.2, 0.25) is 0 Å². The van der Waals surface area contributed by atoms with Crippen molar-refractivity contribution in [2.75, 3.05) is 13.7 Å². The van der Waals surface area contributed by atoms with E-state index in [0.29, 0.717) is 17.7 Å². The number of carbonyl (C=O) groups is 1. The minimum absolute atomic E-state index is 0.0501. The SMILES string of the molecule is COc1ccc(S(=O)(=O)NC[C@@H](O)[C@H](Cc2ccccc2)N(Cc2ccccc2)C(=O)O)c(CC(C)C)c1. The second-order valence-electron chi connectivity index (χ2n) is 9.64. The van der Waals surface area contributed by atoms with Crippen molar-refractivity contribution < 1.29 is 28.2 Å². The molecule has 204 valence electrons. The van der Waals surface area contributed by atoms with Gasteiger partial charge in [0.2, 0.25) is 10.0 Å². The fourth-order valence-corrected chi connectivity index (χ4v) is 5.65. The highest BCUT2D eigenvalue weighted by Crippen LogP contribution is 2.25. The summed E-state index contributed by atoms with van der Waals surface area (Å²) in [7, 11) is -2.48. The summed E-state index contributed by atoms with van der Waals surface area (Å²) in [5, 5.41) is 21.3. The van der Waals surface area contributed by atoms with Crippen molar-refractivity contribution in [3.05, 3.63) is 95.6 Å². The predicted octanol–water partition coefficient (Wildman–Crippen LogP) is 4.32. The molecule has 8 nitrogen and oxygen atoms in total. The van der Waals surface area contributed by atoms with Crippen molar-refractivity contribution in [1.29, 1.82) is 0 Å². The molecular formula is C29H36N2O6S. The van der Waals surface area contributed by atoms with Gasteiger partial charge in [0.05, 0.1) is 24.2 Å². The van der Waals surface area contributed by atoms with Crippen molar-refractivity contribution in [2.45, 2.75) is 50.3 Å². The molecule has 3 aromatic carbocycles. The molecule has 0 aliphatic carbocycles. The van der Waals surface area contributed by atoms with Crippen LogP contribution in [0, 0.1) is 5.92 Å². The summed E-state index contributed by atoms with van der Waals surface area (Å²) in [6.07, 6.45) is -1.77. The van der Waals surface area contributed by atoms with E-state index in [2.05, 4.69) is 4.72 Å². The molecule has 0 saturated carbocycles. The number of aliphatic hydroxyl groups is 1. The lowest BCUT2D eigenvalue weighted by Gasteiger charge is -2.33. The molecule has 0 unspecified atom stereocenters. The van der Waals surface area contributed by atoms with E-state index in [9.17, 15) is 23.4 Å². The maximum Gasteiger partial charge on any atom is 0.407 e. The van der Waals surface area contributed by atoms with Crippen LogP contribution >= 0.6 is 0 Å². The second-order valence-corrected chi connectivity index (χ2v) is 11.4. The Kier molecular flexibility index (Phi) is 10.3. The van der Waals surface area contributed by atoms with Crippen molar-refractivity contribution in [3.63, 3.8) is 0 Å². The van der Waals surface area contributed by atoms with Gasteiger partial charge in [0.15, 0.2) is 0 Å². The lowest BCUT2D eigenvalue weighted by atomic mass is 9.99. The summed E-state index contributed by atoms with van der Waals surface area (Å²) in [6.45, 7) is 3.68. The maximum absolute atomic E-state index is 13.3. The number of benzene rings is 3. The summed E-state index contributed by atoms with van der Waals surface area (Å²) in [4.78, 5) is 13.6. The fourth-order valence-electron chi connectivity index (χ4n) is 4.37. The Bertz CT molecular complexity index is 1280. The van der Waals surface area contributed by atoms with Crippen LogP contribution in [0.4, 0.5) is 4.79 Å². The van der Waals surface area contributed by atoms with Crippen molar-refractivity contribution in [1.82, 2.24) is 9.62 Å². The first-order valence-corrected chi connectivity index (χ1v) is 14.0. The van der Waals surface area contributed by atoms with Gasteiger partial charge in [-0.3, -0.25) is 4.90 Å². The van der Waals surface area contributed by atoms with Gasteiger partial charge in [0.25, 0.3) is 0 Å². The Morgan fingerprint density at radius 3 is 2.11 bits per heavy atom. The van der Waals surface area contributed by atoms with Gasteiger partial charge in [0, 0.05) is 13.1 Å². The van der Waals surface area contributed by atoms with E-state index in [0.717, 1.165) is 11.1 Å². The third-order valence-electron chi connectivity index (χ3n) is 6.24. The topological polar surface area (TPSA) is 116 Å². The molecule has 38 heavy (non-hydrogen) atoms. The number of rotatable bonds is 13. The van der Waals surface area contributed by atoms with Crippen LogP contribution < -0.4 is 9.46 Å². The van der Waals surface area contributed by atoms with Gasteiger partial charge >= 0.3 is 6.09 Å². The van der Waals surface area contributed by atoms with Crippen LogP contribution in [0.25, 0.3) is 0 Å². The van der Waals surface area contributed by atoms with E-state index >= 15 is 0 Å². The average molecular weight is 541 g/mol. The van der Waals surface area contributed by atoms with Crippen molar-refractivity contribution in [3.8, 4) is 5.75 Å². The smallest absolute Gasteiger partial charge is 0.407 e. The molecule has 0 aliphatic heterocycles. The monoisotopic (exact) mass is 540 g/mol. The minimum Gasteiger partial charge on any atom is -0.497 e.